The minimum absolute atomic E-state index is 0.374. The molecule has 0 aliphatic heterocycles. The Morgan fingerprint density at radius 2 is 2.06 bits per heavy atom. The van der Waals surface area contributed by atoms with Gasteiger partial charge in [0.15, 0.2) is 0 Å². The highest BCUT2D eigenvalue weighted by Gasteiger charge is 2.09. The summed E-state index contributed by atoms with van der Waals surface area (Å²) >= 11 is 6.21. The average Bonchev–Trinajstić information content (AvgIpc) is 3.14. The standard InChI is InChI=1S/C24H29ClN4O2/c1-17(2)11-18-7-6-8-19(12-18)15-27-24(30)31-10-5-4-9-29-16-28-23-21(26-3)13-20(25)14-22(23)29/h6-8,11-14,16,26H,4-5,9-10,15H2,1-3H3,(H,27,30). The molecule has 31 heavy (non-hydrogen) atoms. The van der Waals surface area contributed by atoms with Crippen molar-refractivity contribution in [2.45, 2.75) is 39.8 Å². The van der Waals surface area contributed by atoms with Crippen LogP contribution in [0.3, 0.4) is 0 Å². The van der Waals surface area contributed by atoms with Gasteiger partial charge in [0.2, 0.25) is 0 Å². The summed E-state index contributed by atoms with van der Waals surface area (Å²) in [5.41, 5.74) is 6.20. The fourth-order valence-corrected chi connectivity index (χ4v) is 3.61. The van der Waals surface area contributed by atoms with Crippen LogP contribution in [-0.2, 0) is 17.8 Å². The Bertz CT molecular complexity index is 1070. The van der Waals surface area contributed by atoms with Crippen molar-refractivity contribution >= 4 is 40.5 Å². The minimum atomic E-state index is -0.397. The number of hydrogen-bond acceptors (Lipinski definition) is 4. The van der Waals surface area contributed by atoms with Gasteiger partial charge in [0.1, 0.15) is 5.52 Å². The second kappa shape index (κ2) is 10.9. The molecule has 0 saturated carbocycles. The molecule has 1 amide bonds. The third-order valence-electron chi connectivity index (χ3n) is 4.83. The summed E-state index contributed by atoms with van der Waals surface area (Å²) in [5, 5.41) is 6.60. The molecule has 0 radical (unpaired) electrons. The Hall–Kier alpha value is -2.99. The van der Waals surface area contributed by atoms with Gasteiger partial charge in [-0.1, -0.05) is 41.4 Å². The number of carbonyl (C=O) groups is 1. The third-order valence-corrected chi connectivity index (χ3v) is 5.05. The summed E-state index contributed by atoms with van der Waals surface area (Å²) in [7, 11) is 1.85. The normalized spacial score (nSPS) is 10.7. The molecule has 3 rings (SSSR count). The van der Waals surface area contributed by atoms with Gasteiger partial charge < -0.3 is 19.9 Å². The number of amides is 1. The molecular formula is C24H29ClN4O2. The molecule has 3 aromatic rings. The molecule has 0 spiro atoms. The minimum Gasteiger partial charge on any atom is -0.450 e. The zero-order valence-electron chi connectivity index (χ0n) is 18.2. The second-order valence-electron chi connectivity index (χ2n) is 7.67. The number of carbonyl (C=O) groups excluding carboxylic acids is 1. The number of alkyl carbamates (subject to hydrolysis) is 1. The number of nitrogens with one attached hydrogen (secondary N) is 2. The van der Waals surface area contributed by atoms with Gasteiger partial charge in [0.05, 0.1) is 24.1 Å². The van der Waals surface area contributed by atoms with E-state index in [0.717, 1.165) is 47.2 Å². The predicted octanol–water partition coefficient (Wildman–Crippen LogP) is 5.86. The third kappa shape index (κ3) is 6.49. The summed E-state index contributed by atoms with van der Waals surface area (Å²) in [4.78, 5) is 16.4. The van der Waals surface area contributed by atoms with Crippen LogP contribution in [0.15, 0.2) is 48.3 Å². The molecule has 2 aromatic carbocycles. The Labute approximate surface area is 188 Å². The van der Waals surface area contributed by atoms with E-state index in [4.69, 9.17) is 16.3 Å². The van der Waals surface area contributed by atoms with Crippen LogP contribution >= 0.6 is 11.6 Å². The SMILES string of the molecule is CNc1cc(Cl)cc2c1ncn2CCCCOC(=O)NCc1cccc(C=C(C)C)c1. The molecule has 7 heteroatoms. The van der Waals surface area contributed by atoms with E-state index in [9.17, 15) is 4.79 Å². The van der Waals surface area contributed by atoms with E-state index < -0.39 is 6.09 Å². The summed E-state index contributed by atoms with van der Waals surface area (Å²) in [6, 6.07) is 11.9. The van der Waals surface area contributed by atoms with Crippen molar-refractivity contribution < 1.29 is 9.53 Å². The number of allylic oxidation sites excluding steroid dienone is 1. The van der Waals surface area contributed by atoms with Crippen LogP contribution < -0.4 is 10.6 Å². The summed E-state index contributed by atoms with van der Waals surface area (Å²) in [6.45, 7) is 5.72. The van der Waals surface area contributed by atoms with Crippen molar-refractivity contribution in [3.63, 3.8) is 0 Å². The Morgan fingerprint density at radius 3 is 2.84 bits per heavy atom. The van der Waals surface area contributed by atoms with E-state index in [1.165, 1.54) is 5.57 Å². The topological polar surface area (TPSA) is 68.2 Å². The van der Waals surface area contributed by atoms with Crippen molar-refractivity contribution in [2.75, 3.05) is 19.0 Å². The number of fused-ring (bicyclic) bond motifs is 1. The van der Waals surface area contributed by atoms with Gasteiger partial charge in [-0.3, -0.25) is 0 Å². The molecule has 164 valence electrons. The maximum absolute atomic E-state index is 12.0. The van der Waals surface area contributed by atoms with E-state index in [2.05, 4.69) is 46.2 Å². The Kier molecular flexibility index (Phi) is 7.95. The lowest BCUT2D eigenvalue weighted by Crippen LogP contribution is -2.24. The largest absolute Gasteiger partial charge is 0.450 e. The lowest BCUT2D eigenvalue weighted by Gasteiger charge is -2.09. The second-order valence-corrected chi connectivity index (χ2v) is 8.11. The molecule has 2 N–H and O–H groups in total. The number of unbranched alkanes of at least 4 members (excludes halogenated alkanes) is 1. The van der Waals surface area contributed by atoms with Crippen molar-refractivity contribution in [3.8, 4) is 0 Å². The van der Waals surface area contributed by atoms with Crippen LogP contribution in [0.2, 0.25) is 5.02 Å². The van der Waals surface area contributed by atoms with E-state index in [1.807, 2.05) is 43.7 Å². The van der Waals surface area contributed by atoms with E-state index in [-0.39, 0.29) is 0 Å². The first kappa shape index (κ1) is 22.7. The van der Waals surface area contributed by atoms with Crippen LogP contribution in [-0.4, -0.2) is 29.3 Å². The number of benzene rings is 2. The monoisotopic (exact) mass is 440 g/mol. The number of imidazole rings is 1. The number of halogens is 1. The molecule has 6 nitrogen and oxygen atoms in total. The highest BCUT2D eigenvalue weighted by Crippen LogP contribution is 2.27. The van der Waals surface area contributed by atoms with E-state index in [0.29, 0.717) is 18.2 Å². The first-order valence-corrected chi connectivity index (χ1v) is 10.8. The van der Waals surface area contributed by atoms with Crippen LogP contribution in [0.1, 0.15) is 37.8 Å². The van der Waals surface area contributed by atoms with Crippen LogP contribution in [0.5, 0.6) is 0 Å². The zero-order valence-corrected chi connectivity index (χ0v) is 19.0. The highest BCUT2D eigenvalue weighted by molar-refractivity contribution is 6.31. The number of nitrogens with zero attached hydrogens (tertiary/aromatic N) is 2. The van der Waals surface area contributed by atoms with Gasteiger partial charge in [-0.05, 0) is 56.0 Å². The molecule has 1 heterocycles. The molecular weight excluding hydrogens is 412 g/mol. The molecule has 0 aliphatic rings. The molecule has 0 saturated heterocycles. The van der Waals surface area contributed by atoms with Crippen molar-refractivity contribution in [2.24, 2.45) is 0 Å². The smallest absolute Gasteiger partial charge is 0.407 e. The van der Waals surface area contributed by atoms with Crippen molar-refractivity contribution in [1.29, 1.82) is 0 Å². The van der Waals surface area contributed by atoms with Gasteiger partial charge in [-0.2, -0.15) is 0 Å². The van der Waals surface area contributed by atoms with E-state index in [1.54, 1.807) is 0 Å². The maximum Gasteiger partial charge on any atom is 0.407 e. The summed E-state index contributed by atoms with van der Waals surface area (Å²) in [6.07, 6.45) is 5.16. The number of ether oxygens (including phenoxy) is 1. The summed E-state index contributed by atoms with van der Waals surface area (Å²) < 4.78 is 7.37. The maximum atomic E-state index is 12.0. The zero-order chi connectivity index (χ0) is 22.2. The van der Waals surface area contributed by atoms with Gasteiger partial charge in [-0.25, -0.2) is 9.78 Å². The van der Waals surface area contributed by atoms with Crippen LogP contribution in [0.4, 0.5) is 10.5 Å². The van der Waals surface area contributed by atoms with Gasteiger partial charge in [0.25, 0.3) is 0 Å². The number of hydrogen-bond donors (Lipinski definition) is 2. The fraction of sp³-hybridized carbons (Fsp3) is 0.333. The number of aromatic nitrogens is 2. The quantitative estimate of drug-likeness (QED) is 0.409. The molecule has 0 atom stereocenters. The van der Waals surface area contributed by atoms with Crippen LogP contribution in [0.25, 0.3) is 17.1 Å². The molecule has 0 unspecified atom stereocenters. The molecule has 0 bridgehead atoms. The molecule has 0 aliphatic carbocycles. The first-order chi connectivity index (χ1) is 15.0. The summed E-state index contributed by atoms with van der Waals surface area (Å²) in [5.74, 6) is 0. The fourth-order valence-electron chi connectivity index (χ4n) is 3.40. The van der Waals surface area contributed by atoms with Crippen molar-refractivity contribution in [1.82, 2.24) is 14.9 Å². The van der Waals surface area contributed by atoms with Gasteiger partial charge in [0, 0.05) is 25.2 Å². The Morgan fingerprint density at radius 1 is 1.23 bits per heavy atom. The number of anilines is 1. The lowest BCUT2D eigenvalue weighted by atomic mass is 10.1. The predicted molar refractivity (Wildman–Crippen MR) is 127 cm³/mol. The molecule has 1 aromatic heterocycles. The average molecular weight is 441 g/mol. The highest BCUT2D eigenvalue weighted by atomic mass is 35.5. The Balaban J connectivity index is 1.40. The van der Waals surface area contributed by atoms with Gasteiger partial charge >= 0.3 is 6.09 Å². The number of rotatable bonds is 9. The van der Waals surface area contributed by atoms with Gasteiger partial charge in [-0.15, -0.1) is 0 Å². The van der Waals surface area contributed by atoms with Crippen molar-refractivity contribution in [3.05, 3.63) is 64.4 Å². The lowest BCUT2D eigenvalue weighted by molar-refractivity contribution is 0.143. The number of aryl methyl sites for hydroxylation is 1. The van der Waals surface area contributed by atoms with E-state index >= 15 is 0 Å². The molecule has 0 fully saturated rings. The first-order valence-electron chi connectivity index (χ1n) is 10.4. The van der Waals surface area contributed by atoms with Crippen LogP contribution in [0, 0.1) is 0 Å².